The van der Waals surface area contributed by atoms with Crippen LogP contribution >= 0.6 is 0 Å². The average molecular weight is 354 g/mol. The number of amides is 2. The number of nitrogens with one attached hydrogen (secondary N) is 1. The minimum Gasteiger partial charge on any atom is -0.354 e. The molecule has 0 aromatic heterocycles. The fraction of sp³-hybridized carbons (Fsp3) is 0.900. The third-order valence-corrected chi connectivity index (χ3v) is 5.78. The molecule has 5 heteroatoms. The molecule has 2 amide bonds. The van der Waals surface area contributed by atoms with E-state index in [-0.39, 0.29) is 17.9 Å². The molecule has 0 aromatic carbocycles. The quantitative estimate of drug-likeness (QED) is 0.691. The molecule has 146 valence electrons. The van der Waals surface area contributed by atoms with Crippen LogP contribution in [0.5, 0.6) is 0 Å². The average Bonchev–Trinajstić information content (AvgIpc) is 2.49. The smallest absolute Gasteiger partial charge is 0.242 e. The zero-order chi connectivity index (χ0) is 19.4. The van der Waals surface area contributed by atoms with Crippen LogP contribution in [0.25, 0.3) is 0 Å². The summed E-state index contributed by atoms with van der Waals surface area (Å²) in [6.45, 7) is 15.3. The SMILES string of the molecule is CC(C)CCCNC(=O)C1CCC(C)CN1C(=O)C(C)(C)C(C)(C)N. The Morgan fingerprint density at radius 2 is 1.80 bits per heavy atom. The zero-order valence-electron chi connectivity index (χ0n) is 17.3. The Kier molecular flexibility index (Phi) is 7.48. The number of hydrogen-bond donors (Lipinski definition) is 2. The molecular weight excluding hydrogens is 314 g/mol. The molecule has 0 radical (unpaired) electrons. The fourth-order valence-electron chi connectivity index (χ4n) is 3.12. The van der Waals surface area contributed by atoms with Crippen molar-refractivity contribution in [1.82, 2.24) is 10.2 Å². The third kappa shape index (κ3) is 5.70. The number of piperidine rings is 1. The first-order valence-electron chi connectivity index (χ1n) is 9.75. The van der Waals surface area contributed by atoms with Crippen LogP contribution in [0.4, 0.5) is 0 Å². The molecule has 2 unspecified atom stereocenters. The second-order valence-electron chi connectivity index (χ2n) is 9.33. The maximum absolute atomic E-state index is 13.2. The van der Waals surface area contributed by atoms with Gasteiger partial charge in [0.1, 0.15) is 6.04 Å². The number of likely N-dealkylation sites (tertiary alicyclic amines) is 1. The van der Waals surface area contributed by atoms with Crippen molar-refractivity contribution in [3.63, 3.8) is 0 Å². The van der Waals surface area contributed by atoms with E-state index in [2.05, 4.69) is 26.1 Å². The van der Waals surface area contributed by atoms with Crippen LogP contribution in [0.1, 0.15) is 74.1 Å². The van der Waals surface area contributed by atoms with Gasteiger partial charge >= 0.3 is 0 Å². The van der Waals surface area contributed by atoms with Crippen molar-refractivity contribution in [3.05, 3.63) is 0 Å². The Morgan fingerprint density at radius 3 is 2.32 bits per heavy atom. The Bertz CT molecular complexity index is 466. The number of carbonyl (C=O) groups is 2. The van der Waals surface area contributed by atoms with E-state index in [1.54, 1.807) is 4.90 Å². The highest BCUT2D eigenvalue weighted by atomic mass is 16.2. The second-order valence-corrected chi connectivity index (χ2v) is 9.33. The normalized spacial score (nSPS) is 22.2. The van der Waals surface area contributed by atoms with E-state index in [4.69, 9.17) is 5.73 Å². The lowest BCUT2D eigenvalue weighted by Crippen LogP contribution is -2.62. The Hall–Kier alpha value is -1.10. The molecule has 0 spiro atoms. The predicted octanol–water partition coefficient (Wildman–Crippen LogP) is 2.93. The lowest BCUT2D eigenvalue weighted by Gasteiger charge is -2.45. The molecule has 5 nitrogen and oxygen atoms in total. The van der Waals surface area contributed by atoms with Gasteiger partial charge in [-0.3, -0.25) is 9.59 Å². The van der Waals surface area contributed by atoms with Crippen molar-refractivity contribution in [2.75, 3.05) is 13.1 Å². The lowest BCUT2D eigenvalue weighted by molar-refractivity contribution is -0.153. The largest absolute Gasteiger partial charge is 0.354 e. The fourth-order valence-corrected chi connectivity index (χ4v) is 3.12. The molecule has 1 rings (SSSR count). The molecule has 2 atom stereocenters. The Morgan fingerprint density at radius 1 is 1.20 bits per heavy atom. The maximum atomic E-state index is 13.2. The first-order chi connectivity index (χ1) is 11.4. The zero-order valence-corrected chi connectivity index (χ0v) is 17.3. The van der Waals surface area contributed by atoms with Gasteiger partial charge in [-0.1, -0.05) is 20.8 Å². The Balaban J connectivity index is 2.82. The lowest BCUT2D eigenvalue weighted by atomic mass is 9.73. The molecule has 0 saturated carbocycles. The maximum Gasteiger partial charge on any atom is 0.242 e. The summed E-state index contributed by atoms with van der Waals surface area (Å²) < 4.78 is 0. The number of nitrogens with two attached hydrogens (primary N) is 1. The standard InChI is InChI=1S/C20H39N3O2/c1-14(2)9-8-12-22-17(24)16-11-10-15(3)13-23(16)18(25)19(4,5)20(6,7)21/h14-16H,8-13,21H2,1-7H3,(H,22,24). The van der Waals surface area contributed by atoms with Crippen molar-refractivity contribution in [2.24, 2.45) is 23.0 Å². The molecule has 0 aromatic rings. The van der Waals surface area contributed by atoms with E-state index >= 15 is 0 Å². The van der Waals surface area contributed by atoms with Crippen LogP contribution in [-0.2, 0) is 9.59 Å². The van der Waals surface area contributed by atoms with Crippen molar-refractivity contribution >= 4 is 11.8 Å². The number of rotatable bonds is 7. The van der Waals surface area contributed by atoms with E-state index in [0.29, 0.717) is 24.9 Å². The van der Waals surface area contributed by atoms with Gasteiger partial charge in [0.05, 0.1) is 5.41 Å². The van der Waals surface area contributed by atoms with Crippen molar-refractivity contribution in [1.29, 1.82) is 0 Å². The van der Waals surface area contributed by atoms with E-state index in [1.807, 2.05) is 27.7 Å². The molecule has 1 heterocycles. The highest BCUT2D eigenvalue weighted by Crippen LogP contribution is 2.34. The van der Waals surface area contributed by atoms with Gasteiger partial charge in [0, 0.05) is 18.6 Å². The van der Waals surface area contributed by atoms with Gasteiger partial charge in [-0.25, -0.2) is 0 Å². The van der Waals surface area contributed by atoms with Crippen LogP contribution in [0.2, 0.25) is 0 Å². The van der Waals surface area contributed by atoms with Crippen molar-refractivity contribution in [3.8, 4) is 0 Å². The highest BCUT2D eigenvalue weighted by Gasteiger charge is 2.46. The summed E-state index contributed by atoms with van der Waals surface area (Å²) in [6.07, 6.45) is 3.77. The van der Waals surface area contributed by atoms with Gasteiger partial charge in [0.2, 0.25) is 11.8 Å². The third-order valence-electron chi connectivity index (χ3n) is 5.78. The minimum atomic E-state index is -0.722. The molecule has 1 aliphatic heterocycles. The summed E-state index contributed by atoms with van der Waals surface area (Å²) in [5.41, 5.74) is 4.88. The molecular formula is C20H39N3O2. The van der Waals surface area contributed by atoms with Crippen molar-refractivity contribution < 1.29 is 9.59 Å². The van der Waals surface area contributed by atoms with Gasteiger partial charge in [-0.2, -0.15) is 0 Å². The minimum absolute atomic E-state index is 0.0189. The van der Waals surface area contributed by atoms with Gasteiger partial charge in [-0.05, 0) is 65.2 Å². The summed E-state index contributed by atoms with van der Waals surface area (Å²) in [5.74, 6) is 1.01. The highest BCUT2D eigenvalue weighted by molar-refractivity contribution is 5.90. The number of nitrogens with zero attached hydrogens (tertiary/aromatic N) is 1. The molecule has 1 aliphatic rings. The van der Waals surface area contributed by atoms with Crippen LogP contribution in [0.15, 0.2) is 0 Å². The van der Waals surface area contributed by atoms with Gasteiger partial charge in [0.25, 0.3) is 0 Å². The summed E-state index contributed by atoms with van der Waals surface area (Å²) in [6, 6.07) is -0.371. The predicted molar refractivity (Wildman–Crippen MR) is 103 cm³/mol. The Labute approximate surface area is 154 Å². The van der Waals surface area contributed by atoms with Crippen LogP contribution in [-0.4, -0.2) is 41.4 Å². The van der Waals surface area contributed by atoms with E-state index in [9.17, 15) is 9.59 Å². The summed E-state index contributed by atoms with van der Waals surface area (Å²) >= 11 is 0. The van der Waals surface area contributed by atoms with E-state index < -0.39 is 11.0 Å². The first-order valence-corrected chi connectivity index (χ1v) is 9.75. The number of carbonyl (C=O) groups excluding carboxylic acids is 2. The monoisotopic (exact) mass is 353 g/mol. The van der Waals surface area contributed by atoms with Gasteiger partial charge in [0.15, 0.2) is 0 Å². The molecule has 1 saturated heterocycles. The summed E-state index contributed by atoms with van der Waals surface area (Å²) in [4.78, 5) is 27.7. The van der Waals surface area contributed by atoms with Gasteiger partial charge in [-0.15, -0.1) is 0 Å². The van der Waals surface area contributed by atoms with E-state index in [0.717, 1.165) is 25.7 Å². The molecule has 1 fully saturated rings. The molecule has 25 heavy (non-hydrogen) atoms. The van der Waals surface area contributed by atoms with E-state index in [1.165, 1.54) is 0 Å². The van der Waals surface area contributed by atoms with Crippen molar-refractivity contribution in [2.45, 2.75) is 85.7 Å². The number of hydrogen-bond acceptors (Lipinski definition) is 3. The first kappa shape index (κ1) is 21.9. The topological polar surface area (TPSA) is 75.4 Å². The summed E-state index contributed by atoms with van der Waals surface area (Å²) in [5, 5.41) is 3.03. The van der Waals surface area contributed by atoms with Gasteiger partial charge < -0.3 is 16.0 Å². The van der Waals surface area contributed by atoms with Crippen LogP contribution < -0.4 is 11.1 Å². The molecule has 0 bridgehead atoms. The molecule has 0 aliphatic carbocycles. The molecule has 3 N–H and O–H groups in total. The summed E-state index contributed by atoms with van der Waals surface area (Å²) in [7, 11) is 0. The van der Waals surface area contributed by atoms with Crippen LogP contribution in [0.3, 0.4) is 0 Å². The second kappa shape index (κ2) is 8.52. The van der Waals surface area contributed by atoms with Crippen LogP contribution in [0, 0.1) is 17.3 Å².